The zero-order valence-corrected chi connectivity index (χ0v) is 13.7. The van der Waals surface area contributed by atoms with Crippen molar-refractivity contribution in [1.82, 2.24) is 4.57 Å². The second-order valence-electron chi connectivity index (χ2n) is 6.69. The van der Waals surface area contributed by atoms with Gasteiger partial charge < -0.3 is 15.4 Å². The third-order valence-corrected chi connectivity index (χ3v) is 5.09. The summed E-state index contributed by atoms with van der Waals surface area (Å²) in [5, 5.41) is 10.4. The van der Waals surface area contributed by atoms with E-state index in [1.165, 1.54) is 17.8 Å². The van der Waals surface area contributed by atoms with Gasteiger partial charge in [0.2, 0.25) is 0 Å². The van der Waals surface area contributed by atoms with E-state index in [2.05, 4.69) is 4.57 Å². The molecule has 0 spiro atoms. The van der Waals surface area contributed by atoms with Crippen LogP contribution in [0.2, 0.25) is 0 Å². The van der Waals surface area contributed by atoms with Gasteiger partial charge in [0.15, 0.2) is 0 Å². The fourth-order valence-corrected chi connectivity index (χ4v) is 3.83. The van der Waals surface area contributed by atoms with Crippen LogP contribution in [0.5, 0.6) is 0 Å². The van der Waals surface area contributed by atoms with Crippen molar-refractivity contribution in [2.45, 2.75) is 25.8 Å². The molecule has 0 aliphatic heterocycles. The first-order chi connectivity index (χ1) is 12.0. The predicted molar refractivity (Wildman–Crippen MR) is 95.0 cm³/mol. The molecule has 5 heteroatoms. The van der Waals surface area contributed by atoms with Crippen molar-refractivity contribution < 1.29 is 14.3 Å². The highest BCUT2D eigenvalue weighted by atomic mass is 19.1. The van der Waals surface area contributed by atoms with Gasteiger partial charge >= 0.3 is 5.97 Å². The van der Waals surface area contributed by atoms with Crippen LogP contribution in [-0.4, -0.2) is 15.6 Å². The molecule has 0 saturated carbocycles. The maximum Gasteiger partial charge on any atom is 0.306 e. The number of benzene rings is 2. The van der Waals surface area contributed by atoms with E-state index in [1.54, 1.807) is 12.1 Å². The highest BCUT2D eigenvalue weighted by Gasteiger charge is 2.29. The summed E-state index contributed by atoms with van der Waals surface area (Å²) in [6, 6.07) is 12.3. The van der Waals surface area contributed by atoms with Gasteiger partial charge in [-0.1, -0.05) is 12.1 Å². The smallest absolute Gasteiger partial charge is 0.306 e. The molecule has 25 heavy (non-hydrogen) atoms. The molecule has 4 nitrogen and oxygen atoms in total. The summed E-state index contributed by atoms with van der Waals surface area (Å²) in [5.74, 6) is -1.34. The van der Waals surface area contributed by atoms with Gasteiger partial charge in [-0.05, 0) is 60.7 Å². The number of aliphatic carboxylic acids is 1. The summed E-state index contributed by atoms with van der Waals surface area (Å²) in [6.45, 7) is 0.633. The standard InChI is InChI=1S/C20H19FN2O2/c21-14-4-1-12(2-5-14)11-23-18-7-3-13(20(24)25)9-16(18)17-10-15(22)6-8-19(17)23/h1-2,4-6,8,10,13H,3,7,9,11,22H2,(H,24,25). The Balaban J connectivity index is 1.84. The Kier molecular flexibility index (Phi) is 3.71. The molecule has 3 N–H and O–H groups in total. The van der Waals surface area contributed by atoms with Crippen molar-refractivity contribution in [3.8, 4) is 0 Å². The lowest BCUT2D eigenvalue weighted by Crippen LogP contribution is -2.23. The monoisotopic (exact) mass is 338 g/mol. The lowest BCUT2D eigenvalue weighted by molar-refractivity contribution is -0.142. The number of nitrogens with zero attached hydrogens (tertiary/aromatic N) is 1. The Morgan fingerprint density at radius 3 is 2.72 bits per heavy atom. The molecule has 0 radical (unpaired) electrons. The minimum absolute atomic E-state index is 0.250. The number of nitrogen functional groups attached to an aromatic ring is 1. The normalized spacial score (nSPS) is 16.8. The van der Waals surface area contributed by atoms with Gasteiger partial charge in [0.05, 0.1) is 5.92 Å². The largest absolute Gasteiger partial charge is 0.481 e. The van der Waals surface area contributed by atoms with E-state index >= 15 is 0 Å². The number of nitrogens with two attached hydrogens (primary N) is 1. The van der Waals surface area contributed by atoms with E-state index < -0.39 is 5.97 Å². The molecule has 0 fully saturated rings. The molecule has 0 amide bonds. The van der Waals surface area contributed by atoms with E-state index in [1.807, 2.05) is 18.2 Å². The summed E-state index contributed by atoms with van der Waals surface area (Å²) in [4.78, 5) is 11.4. The number of carboxylic acid groups (broad SMARTS) is 1. The first kappa shape index (κ1) is 15.7. The Bertz CT molecular complexity index is 960. The van der Waals surface area contributed by atoms with E-state index in [-0.39, 0.29) is 11.7 Å². The quantitative estimate of drug-likeness (QED) is 0.717. The van der Waals surface area contributed by atoms with Gasteiger partial charge in [0.1, 0.15) is 5.82 Å². The Morgan fingerprint density at radius 1 is 1.24 bits per heavy atom. The molecule has 1 aliphatic carbocycles. The Morgan fingerprint density at radius 2 is 2.00 bits per heavy atom. The van der Waals surface area contributed by atoms with Crippen molar-refractivity contribution in [2.75, 3.05) is 5.73 Å². The fraction of sp³-hybridized carbons (Fsp3) is 0.250. The van der Waals surface area contributed by atoms with Gasteiger partial charge in [-0.15, -0.1) is 0 Å². The van der Waals surface area contributed by atoms with Gasteiger partial charge in [0, 0.05) is 28.8 Å². The lowest BCUT2D eigenvalue weighted by Gasteiger charge is -2.21. The maximum absolute atomic E-state index is 13.2. The number of fused-ring (bicyclic) bond motifs is 3. The molecule has 0 bridgehead atoms. The number of rotatable bonds is 3. The van der Waals surface area contributed by atoms with Crippen molar-refractivity contribution in [2.24, 2.45) is 5.92 Å². The van der Waals surface area contributed by atoms with Gasteiger partial charge in [-0.25, -0.2) is 4.39 Å². The average Bonchev–Trinajstić information content (AvgIpc) is 2.89. The van der Waals surface area contributed by atoms with Crippen LogP contribution in [0.3, 0.4) is 0 Å². The molecule has 1 unspecified atom stereocenters. The predicted octanol–water partition coefficient (Wildman–Crippen LogP) is 3.60. The maximum atomic E-state index is 13.2. The van der Waals surface area contributed by atoms with Gasteiger partial charge in [-0.3, -0.25) is 4.79 Å². The summed E-state index contributed by atoms with van der Waals surface area (Å²) >= 11 is 0. The summed E-state index contributed by atoms with van der Waals surface area (Å²) in [5.41, 5.74) is 11.0. The van der Waals surface area contributed by atoms with E-state index in [4.69, 9.17) is 5.73 Å². The van der Waals surface area contributed by atoms with Crippen LogP contribution in [0.4, 0.5) is 10.1 Å². The van der Waals surface area contributed by atoms with E-state index in [0.29, 0.717) is 25.1 Å². The number of hydrogen-bond donors (Lipinski definition) is 2. The molecule has 3 aromatic rings. The van der Waals surface area contributed by atoms with Crippen LogP contribution in [0.25, 0.3) is 10.9 Å². The van der Waals surface area contributed by atoms with E-state index in [0.717, 1.165) is 28.5 Å². The first-order valence-electron chi connectivity index (χ1n) is 8.39. The highest BCUT2D eigenvalue weighted by molar-refractivity contribution is 5.89. The van der Waals surface area contributed by atoms with Crippen LogP contribution in [0, 0.1) is 11.7 Å². The molecule has 1 heterocycles. The highest BCUT2D eigenvalue weighted by Crippen LogP contribution is 2.36. The SMILES string of the molecule is Nc1ccc2c(c1)c1c(n2Cc2ccc(F)cc2)CCC(C(=O)O)C1. The minimum Gasteiger partial charge on any atom is -0.481 e. The third-order valence-electron chi connectivity index (χ3n) is 5.09. The van der Waals surface area contributed by atoms with Crippen LogP contribution >= 0.6 is 0 Å². The summed E-state index contributed by atoms with van der Waals surface area (Å²) in [7, 11) is 0. The zero-order valence-electron chi connectivity index (χ0n) is 13.7. The summed E-state index contributed by atoms with van der Waals surface area (Å²) in [6.07, 6.45) is 1.89. The lowest BCUT2D eigenvalue weighted by atomic mass is 9.86. The zero-order chi connectivity index (χ0) is 17.6. The third kappa shape index (κ3) is 2.76. The number of halogens is 1. The molecule has 128 valence electrons. The molecule has 4 rings (SSSR count). The van der Waals surface area contributed by atoms with Crippen LogP contribution in [0.1, 0.15) is 23.2 Å². The number of anilines is 1. The number of hydrogen-bond acceptors (Lipinski definition) is 2. The van der Waals surface area contributed by atoms with Crippen molar-refractivity contribution >= 4 is 22.6 Å². The molecular weight excluding hydrogens is 319 g/mol. The molecule has 0 saturated heterocycles. The number of carbonyl (C=O) groups is 1. The average molecular weight is 338 g/mol. The molecule has 1 aliphatic rings. The van der Waals surface area contributed by atoms with Crippen molar-refractivity contribution in [1.29, 1.82) is 0 Å². The van der Waals surface area contributed by atoms with E-state index in [9.17, 15) is 14.3 Å². The number of aromatic nitrogens is 1. The van der Waals surface area contributed by atoms with Gasteiger partial charge in [-0.2, -0.15) is 0 Å². The van der Waals surface area contributed by atoms with Crippen LogP contribution in [-0.2, 0) is 24.2 Å². The van der Waals surface area contributed by atoms with Crippen LogP contribution in [0.15, 0.2) is 42.5 Å². The summed E-state index contributed by atoms with van der Waals surface area (Å²) < 4.78 is 15.4. The molecule has 2 aromatic carbocycles. The second kappa shape index (κ2) is 5.92. The molecule has 1 atom stereocenters. The second-order valence-corrected chi connectivity index (χ2v) is 6.69. The molecular formula is C20H19FN2O2. The minimum atomic E-state index is -0.742. The molecule has 1 aromatic heterocycles. The number of carboxylic acids is 1. The fourth-order valence-electron chi connectivity index (χ4n) is 3.83. The van der Waals surface area contributed by atoms with Crippen LogP contribution < -0.4 is 5.73 Å². The van der Waals surface area contributed by atoms with Crippen molar-refractivity contribution in [3.05, 3.63) is 65.1 Å². The topological polar surface area (TPSA) is 68.2 Å². The first-order valence-corrected chi connectivity index (χ1v) is 8.39. The Labute approximate surface area is 144 Å². The Hall–Kier alpha value is -2.82. The van der Waals surface area contributed by atoms with Crippen molar-refractivity contribution in [3.63, 3.8) is 0 Å². The van der Waals surface area contributed by atoms with Gasteiger partial charge in [0.25, 0.3) is 0 Å².